The highest BCUT2D eigenvalue weighted by Crippen LogP contribution is 2.75. The molecule has 2 amide bonds. The number of carbonyl (C=O) groups is 4. The zero-order valence-corrected chi connectivity index (χ0v) is 23.1. The molecule has 2 aliphatic heterocycles. The maximum atomic E-state index is 14.0. The molecule has 8 rings (SSSR count). The normalized spacial score (nSPS) is 32.7. The Morgan fingerprint density at radius 3 is 2.31 bits per heavy atom. The number of carbonyl (C=O) groups excluding carboxylic acids is 4. The number of nitrogens with zero attached hydrogens (tertiary/aromatic N) is 2. The minimum Gasteiger partial charge on any atom is -0.358 e. The molecule has 6 aliphatic rings. The van der Waals surface area contributed by atoms with Crippen LogP contribution in [0.4, 0.5) is 0 Å². The molecule has 3 atom stereocenters. The van der Waals surface area contributed by atoms with Gasteiger partial charge in [0.1, 0.15) is 0 Å². The van der Waals surface area contributed by atoms with E-state index in [1.807, 2.05) is 36.0 Å². The lowest BCUT2D eigenvalue weighted by Crippen LogP contribution is -2.72. The Morgan fingerprint density at radius 2 is 1.59 bits per heavy atom. The van der Waals surface area contributed by atoms with Gasteiger partial charge in [0.2, 0.25) is 17.6 Å². The summed E-state index contributed by atoms with van der Waals surface area (Å²) in [5, 5.41) is 0. The highest BCUT2D eigenvalue weighted by atomic mass is 16.2. The SMILES string of the molecule is CC(=O)c1[nH]cc(C)c1C1CCN(C(=O)C23CC(C(=O)N4CCC(C)C5C4=CC(=O)c4[nH]cc(C)c45)(C2)C3)C1. The number of fused-ring (bicyclic) bond motifs is 3. The van der Waals surface area contributed by atoms with Gasteiger partial charge >= 0.3 is 0 Å². The zero-order valence-electron chi connectivity index (χ0n) is 23.1. The molecule has 3 saturated carbocycles. The number of aryl methyl sites for hydroxylation is 2. The monoisotopic (exact) mass is 528 g/mol. The third kappa shape index (κ3) is 3.23. The fourth-order valence-electron chi connectivity index (χ4n) is 8.65. The molecule has 3 unspecified atom stereocenters. The number of rotatable bonds is 4. The Labute approximate surface area is 228 Å². The molecule has 204 valence electrons. The summed E-state index contributed by atoms with van der Waals surface area (Å²) in [5.74, 6) is 0.775. The lowest BCUT2D eigenvalue weighted by Gasteiger charge is -2.69. The van der Waals surface area contributed by atoms with Crippen LogP contribution in [0, 0.1) is 30.6 Å². The number of hydrogen-bond donors (Lipinski definition) is 2. The molecule has 2 aromatic rings. The minimum atomic E-state index is -0.476. The Kier molecular flexibility index (Phi) is 5.08. The second-order valence-corrected chi connectivity index (χ2v) is 13.0. The molecule has 8 heteroatoms. The van der Waals surface area contributed by atoms with Gasteiger partial charge in [0.25, 0.3) is 0 Å². The van der Waals surface area contributed by atoms with Gasteiger partial charge in [-0.1, -0.05) is 6.92 Å². The van der Waals surface area contributed by atoms with Gasteiger partial charge in [-0.2, -0.15) is 0 Å². The Morgan fingerprint density at radius 1 is 0.923 bits per heavy atom. The molecule has 2 bridgehead atoms. The molecule has 2 N–H and O–H groups in total. The summed E-state index contributed by atoms with van der Waals surface area (Å²) in [5.41, 5.74) is 5.49. The van der Waals surface area contributed by atoms with Crippen molar-refractivity contribution in [2.24, 2.45) is 16.7 Å². The smallest absolute Gasteiger partial charge is 0.233 e. The Bertz CT molecular complexity index is 1470. The van der Waals surface area contributed by atoms with Crippen molar-refractivity contribution in [2.45, 2.75) is 71.6 Å². The molecule has 2 saturated heterocycles. The summed E-state index contributed by atoms with van der Waals surface area (Å²) in [6, 6.07) is 0. The molecule has 2 aromatic heterocycles. The van der Waals surface area contributed by atoms with Crippen molar-refractivity contribution in [1.29, 1.82) is 0 Å². The van der Waals surface area contributed by atoms with Gasteiger partial charge in [0.05, 0.1) is 22.2 Å². The van der Waals surface area contributed by atoms with E-state index in [4.69, 9.17) is 0 Å². The number of likely N-dealkylation sites (tertiary alicyclic amines) is 2. The minimum absolute atomic E-state index is 0.0229. The van der Waals surface area contributed by atoms with Crippen LogP contribution in [0.3, 0.4) is 0 Å². The topological polar surface area (TPSA) is 106 Å². The first-order valence-electron chi connectivity index (χ1n) is 14.3. The maximum Gasteiger partial charge on any atom is 0.233 e. The van der Waals surface area contributed by atoms with Gasteiger partial charge in [0.15, 0.2) is 5.78 Å². The van der Waals surface area contributed by atoms with Crippen LogP contribution in [0.1, 0.15) is 101 Å². The van der Waals surface area contributed by atoms with Crippen molar-refractivity contribution < 1.29 is 19.2 Å². The summed E-state index contributed by atoms with van der Waals surface area (Å²) in [4.78, 5) is 62.8. The van der Waals surface area contributed by atoms with E-state index in [2.05, 4.69) is 16.9 Å². The number of aromatic nitrogens is 2. The van der Waals surface area contributed by atoms with Crippen LogP contribution >= 0.6 is 0 Å². The molecular weight excluding hydrogens is 492 g/mol. The summed E-state index contributed by atoms with van der Waals surface area (Å²) in [6.45, 7) is 9.76. The average molecular weight is 529 g/mol. The molecule has 5 fully saturated rings. The fourth-order valence-corrected chi connectivity index (χ4v) is 8.65. The van der Waals surface area contributed by atoms with E-state index in [9.17, 15) is 19.2 Å². The number of allylic oxidation sites excluding steroid dienone is 2. The Balaban J connectivity index is 1.05. The second-order valence-electron chi connectivity index (χ2n) is 13.0. The van der Waals surface area contributed by atoms with Crippen molar-refractivity contribution in [3.8, 4) is 0 Å². The summed E-state index contributed by atoms with van der Waals surface area (Å²) in [6.07, 6.45) is 9.00. The first-order valence-corrected chi connectivity index (χ1v) is 14.3. The third-order valence-corrected chi connectivity index (χ3v) is 10.5. The van der Waals surface area contributed by atoms with Gasteiger partial charge in [-0.3, -0.25) is 19.2 Å². The van der Waals surface area contributed by atoms with Gasteiger partial charge in [-0.25, -0.2) is 0 Å². The number of ketones is 2. The number of piperidine rings is 1. The number of aromatic amines is 2. The predicted octanol–water partition coefficient (Wildman–Crippen LogP) is 4.38. The van der Waals surface area contributed by atoms with E-state index in [-0.39, 0.29) is 35.2 Å². The van der Waals surface area contributed by atoms with E-state index in [1.54, 1.807) is 13.0 Å². The van der Waals surface area contributed by atoms with Crippen LogP contribution < -0.4 is 0 Å². The van der Waals surface area contributed by atoms with Gasteiger partial charge in [0, 0.05) is 62.6 Å². The quantitative estimate of drug-likeness (QED) is 0.575. The van der Waals surface area contributed by atoms with Gasteiger partial charge in [-0.05, 0) is 74.1 Å². The number of amides is 2. The van der Waals surface area contributed by atoms with Crippen LogP contribution in [0.2, 0.25) is 0 Å². The van der Waals surface area contributed by atoms with E-state index >= 15 is 0 Å². The number of Topliss-reactive ketones (excluding diaryl/α,β-unsaturated/α-hetero) is 1. The van der Waals surface area contributed by atoms with Gasteiger partial charge in [-0.15, -0.1) is 0 Å². The standard InChI is InChI=1S/C31H36N4O4/c1-16-5-8-35(21-9-22(37)27-25(24(16)21)18(3)11-33-27)29(39)31-13-30(14-31,15-31)28(38)34-7-6-20(12-34)23-17(2)10-32-26(23)19(4)36/h9-11,16,20,24,32-33H,5-8,12-15H2,1-4H3. The third-order valence-electron chi connectivity index (χ3n) is 10.5. The van der Waals surface area contributed by atoms with Crippen LogP contribution in [0.25, 0.3) is 0 Å². The number of hydrogen-bond acceptors (Lipinski definition) is 4. The largest absolute Gasteiger partial charge is 0.358 e. The molecule has 4 heterocycles. The van der Waals surface area contributed by atoms with Crippen LogP contribution in [-0.2, 0) is 9.59 Å². The lowest BCUT2D eigenvalue weighted by molar-refractivity contribution is -0.220. The second kappa shape index (κ2) is 8.05. The average Bonchev–Trinajstić information content (AvgIpc) is 3.56. The molecular formula is C31H36N4O4. The zero-order chi connectivity index (χ0) is 27.4. The van der Waals surface area contributed by atoms with E-state index in [0.29, 0.717) is 56.2 Å². The summed E-state index contributed by atoms with van der Waals surface area (Å²) >= 11 is 0. The predicted molar refractivity (Wildman–Crippen MR) is 144 cm³/mol. The van der Waals surface area contributed by atoms with Crippen LogP contribution in [0.5, 0.6) is 0 Å². The van der Waals surface area contributed by atoms with Crippen molar-refractivity contribution in [3.05, 3.63) is 57.8 Å². The Hall–Kier alpha value is -3.42. The maximum absolute atomic E-state index is 14.0. The van der Waals surface area contributed by atoms with E-state index in [0.717, 1.165) is 40.8 Å². The van der Waals surface area contributed by atoms with E-state index in [1.165, 1.54) is 0 Å². The molecule has 4 aliphatic carbocycles. The van der Waals surface area contributed by atoms with Gasteiger partial charge < -0.3 is 19.8 Å². The molecule has 0 spiro atoms. The number of H-pyrrole nitrogens is 2. The lowest BCUT2D eigenvalue weighted by atomic mass is 9.34. The molecule has 0 radical (unpaired) electrons. The molecule has 39 heavy (non-hydrogen) atoms. The van der Waals surface area contributed by atoms with Crippen LogP contribution in [0.15, 0.2) is 24.2 Å². The number of nitrogens with one attached hydrogen (secondary N) is 2. The fraction of sp³-hybridized carbons (Fsp3) is 0.548. The summed E-state index contributed by atoms with van der Waals surface area (Å²) in [7, 11) is 0. The molecule has 0 aromatic carbocycles. The first-order chi connectivity index (χ1) is 18.5. The van der Waals surface area contributed by atoms with E-state index < -0.39 is 10.8 Å². The van der Waals surface area contributed by atoms with Crippen molar-refractivity contribution >= 4 is 23.4 Å². The highest BCUT2D eigenvalue weighted by Gasteiger charge is 2.76. The highest BCUT2D eigenvalue weighted by molar-refractivity contribution is 6.07. The van der Waals surface area contributed by atoms with Crippen molar-refractivity contribution in [2.75, 3.05) is 19.6 Å². The van der Waals surface area contributed by atoms with Crippen molar-refractivity contribution in [1.82, 2.24) is 19.8 Å². The molecule has 8 nitrogen and oxygen atoms in total. The van der Waals surface area contributed by atoms with Crippen molar-refractivity contribution in [3.63, 3.8) is 0 Å². The van der Waals surface area contributed by atoms with Crippen LogP contribution in [-0.4, -0.2) is 62.8 Å². The first kappa shape index (κ1) is 24.6. The summed E-state index contributed by atoms with van der Waals surface area (Å²) < 4.78 is 0.